The minimum absolute atomic E-state index is 0.953. The van der Waals surface area contributed by atoms with Gasteiger partial charge in [-0.15, -0.1) is 11.3 Å². The molecule has 0 saturated carbocycles. The van der Waals surface area contributed by atoms with Crippen molar-refractivity contribution in [2.24, 2.45) is 0 Å². The number of hydrogen-bond acceptors (Lipinski definition) is 2. The van der Waals surface area contributed by atoms with E-state index in [1.807, 2.05) is 18.4 Å². The largest absolute Gasteiger partial charge is 0.316 e. The van der Waals surface area contributed by atoms with Gasteiger partial charge < -0.3 is 5.32 Å². The molecule has 0 fully saturated rings. The molecule has 0 spiro atoms. The first-order valence-electron chi connectivity index (χ1n) is 4.43. The van der Waals surface area contributed by atoms with Crippen molar-refractivity contribution < 1.29 is 0 Å². The highest BCUT2D eigenvalue weighted by Gasteiger charge is 2.03. The van der Waals surface area contributed by atoms with E-state index in [9.17, 15) is 0 Å². The van der Waals surface area contributed by atoms with E-state index in [1.54, 1.807) is 0 Å². The third-order valence-electron chi connectivity index (χ3n) is 2.24. The standard InChI is InChI=1S/C11H13NS/c1-8-7-13-10-5-3-4-9(6-12-2)11(8)10/h3-5,7,12H,6H2,1-2H3. The van der Waals surface area contributed by atoms with Gasteiger partial charge in [0, 0.05) is 11.2 Å². The van der Waals surface area contributed by atoms with Gasteiger partial charge in [-0.3, -0.25) is 0 Å². The van der Waals surface area contributed by atoms with Crippen LogP contribution in [0.4, 0.5) is 0 Å². The molecule has 2 aromatic rings. The van der Waals surface area contributed by atoms with Crippen molar-refractivity contribution >= 4 is 21.4 Å². The van der Waals surface area contributed by atoms with Crippen molar-refractivity contribution in [3.63, 3.8) is 0 Å². The van der Waals surface area contributed by atoms with E-state index in [4.69, 9.17) is 0 Å². The number of thiophene rings is 1. The van der Waals surface area contributed by atoms with Crippen LogP contribution in [0.3, 0.4) is 0 Å². The quantitative estimate of drug-likeness (QED) is 0.769. The van der Waals surface area contributed by atoms with Gasteiger partial charge in [0.1, 0.15) is 0 Å². The van der Waals surface area contributed by atoms with E-state index in [0.717, 1.165) is 6.54 Å². The smallest absolute Gasteiger partial charge is 0.0348 e. The maximum Gasteiger partial charge on any atom is 0.0348 e. The molecule has 2 heteroatoms. The molecule has 0 aliphatic rings. The van der Waals surface area contributed by atoms with Gasteiger partial charge in [-0.2, -0.15) is 0 Å². The third kappa shape index (κ3) is 1.47. The van der Waals surface area contributed by atoms with Crippen molar-refractivity contribution in [2.75, 3.05) is 7.05 Å². The molecule has 1 nitrogen and oxygen atoms in total. The Kier molecular flexibility index (Phi) is 2.34. The minimum atomic E-state index is 0.953. The Hall–Kier alpha value is -0.860. The van der Waals surface area contributed by atoms with E-state index in [2.05, 4.69) is 35.8 Å². The lowest BCUT2D eigenvalue weighted by Gasteiger charge is -2.02. The van der Waals surface area contributed by atoms with Crippen molar-refractivity contribution in [2.45, 2.75) is 13.5 Å². The van der Waals surface area contributed by atoms with Crippen LogP contribution in [-0.4, -0.2) is 7.05 Å². The van der Waals surface area contributed by atoms with Crippen molar-refractivity contribution in [1.82, 2.24) is 5.32 Å². The SMILES string of the molecule is CNCc1cccc2scc(C)c12. The second kappa shape index (κ2) is 3.48. The van der Waals surface area contributed by atoms with E-state index in [1.165, 1.54) is 21.2 Å². The summed E-state index contributed by atoms with van der Waals surface area (Å²) in [5.74, 6) is 0. The van der Waals surface area contributed by atoms with Crippen LogP contribution in [-0.2, 0) is 6.54 Å². The summed E-state index contributed by atoms with van der Waals surface area (Å²) in [4.78, 5) is 0. The lowest BCUT2D eigenvalue weighted by Crippen LogP contribution is -2.05. The Balaban J connectivity index is 2.65. The first-order valence-corrected chi connectivity index (χ1v) is 5.31. The zero-order valence-electron chi connectivity index (χ0n) is 7.92. The first-order chi connectivity index (χ1) is 6.33. The summed E-state index contributed by atoms with van der Waals surface area (Å²) in [5, 5.41) is 6.86. The average Bonchev–Trinajstić information content (AvgIpc) is 2.50. The Morgan fingerprint density at radius 3 is 3.00 bits per heavy atom. The number of benzene rings is 1. The van der Waals surface area contributed by atoms with Crippen LogP contribution in [0.15, 0.2) is 23.6 Å². The molecule has 0 atom stereocenters. The summed E-state index contributed by atoms with van der Waals surface area (Å²) in [6, 6.07) is 6.51. The molecule has 68 valence electrons. The summed E-state index contributed by atoms with van der Waals surface area (Å²) in [5.41, 5.74) is 2.80. The van der Waals surface area contributed by atoms with Gasteiger partial charge in [0.25, 0.3) is 0 Å². The summed E-state index contributed by atoms with van der Waals surface area (Å²) in [7, 11) is 1.99. The van der Waals surface area contributed by atoms with Gasteiger partial charge in [0.2, 0.25) is 0 Å². The molecular weight excluding hydrogens is 178 g/mol. The Labute approximate surface area is 82.4 Å². The van der Waals surface area contributed by atoms with Gasteiger partial charge in [-0.1, -0.05) is 12.1 Å². The van der Waals surface area contributed by atoms with Crippen LogP contribution in [0.2, 0.25) is 0 Å². The first kappa shape index (κ1) is 8.73. The van der Waals surface area contributed by atoms with E-state index in [-0.39, 0.29) is 0 Å². The van der Waals surface area contributed by atoms with Crippen LogP contribution < -0.4 is 5.32 Å². The maximum atomic E-state index is 3.20. The average molecular weight is 191 g/mol. The number of aryl methyl sites for hydroxylation is 1. The second-order valence-electron chi connectivity index (χ2n) is 3.24. The third-order valence-corrected chi connectivity index (χ3v) is 3.30. The van der Waals surface area contributed by atoms with E-state index in [0.29, 0.717) is 0 Å². The molecule has 1 N–H and O–H groups in total. The Bertz CT molecular complexity index is 417. The molecule has 0 bridgehead atoms. The van der Waals surface area contributed by atoms with Gasteiger partial charge in [0.15, 0.2) is 0 Å². The fourth-order valence-electron chi connectivity index (χ4n) is 1.67. The monoisotopic (exact) mass is 191 g/mol. The van der Waals surface area contributed by atoms with Crippen molar-refractivity contribution in [1.29, 1.82) is 0 Å². The summed E-state index contributed by atoms with van der Waals surface area (Å²) in [6.07, 6.45) is 0. The van der Waals surface area contributed by atoms with E-state index >= 15 is 0 Å². The van der Waals surface area contributed by atoms with Crippen molar-refractivity contribution in [3.05, 3.63) is 34.7 Å². The molecule has 0 unspecified atom stereocenters. The van der Waals surface area contributed by atoms with Crippen molar-refractivity contribution in [3.8, 4) is 0 Å². The molecule has 1 aromatic carbocycles. The number of rotatable bonds is 2. The Morgan fingerprint density at radius 2 is 2.23 bits per heavy atom. The van der Waals surface area contributed by atoms with Gasteiger partial charge in [0.05, 0.1) is 0 Å². The summed E-state index contributed by atoms with van der Waals surface area (Å²) < 4.78 is 1.39. The zero-order valence-corrected chi connectivity index (χ0v) is 8.74. The number of hydrogen-bond donors (Lipinski definition) is 1. The van der Waals surface area contributed by atoms with Gasteiger partial charge >= 0.3 is 0 Å². The summed E-state index contributed by atoms with van der Waals surface area (Å²) >= 11 is 1.83. The van der Waals surface area contributed by atoms with Crippen LogP contribution in [0.5, 0.6) is 0 Å². The van der Waals surface area contributed by atoms with Crippen LogP contribution in [0, 0.1) is 6.92 Å². The predicted octanol–water partition coefficient (Wildman–Crippen LogP) is 2.93. The van der Waals surface area contributed by atoms with Crippen LogP contribution >= 0.6 is 11.3 Å². The van der Waals surface area contributed by atoms with Crippen LogP contribution in [0.1, 0.15) is 11.1 Å². The normalized spacial score (nSPS) is 10.9. The van der Waals surface area contributed by atoms with Gasteiger partial charge in [-0.25, -0.2) is 0 Å². The molecule has 1 aromatic heterocycles. The lowest BCUT2D eigenvalue weighted by atomic mass is 10.1. The highest BCUT2D eigenvalue weighted by Crippen LogP contribution is 2.28. The van der Waals surface area contributed by atoms with Gasteiger partial charge in [-0.05, 0) is 41.9 Å². The topological polar surface area (TPSA) is 12.0 Å². The zero-order chi connectivity index (χ0) is 9.26. The number of fused-ring (bicyclic) bond motifs is 1. The summed E-state index contributed by atoms with van der Waals surface area (Å²) in [6.45, 7) is 3.13. The number of nitrogens with one attached hydrogen (secondary N) is 1. The fourth-order valence-corrected chi connectivity index (χ4v) is 2.66. The second-order valence-corrected chi connectivity index (χ2v) is 4.15. The molecular formula is C11H13NS. The highest BCUT2D eigenvalue weighted by atomic mass is 32.1. The maximum absolute atomic E-state index is 3.20. The molecule has 2 rings (SSSR count). The van der Waals surface area contributed by atoms with E-state index < -0.39 is 0 Å². The molecule has 0 saturated heterocycles. The molecule has 0 aliphatic carbocycles. The fraction of sp³-hybridized carbons (Fsp3) is 0.273. The predicted molar refractivity (Wildman–Crippen MR) is 59.3 cm³/mol. The van der Waals surface area contributed by atoms with Crippen LogP contribution in [0.25, 0.3) is 10.1 Å². The molecule has 0 aliphatic heterocycles. The lowest BCUT2D eigenvalue weighted by molar-refractivity contribution is 0.823. The molecule has 1 heterocycles. The molecule has 13 heavy (non-hydrogen) atoms. The molecule has 0 amide bonds. The molecule has 0 radical (unpaired) electrons. The minimum Gasteiger partial charge on any atom is -0.316 e. The highest BCUT2D eigenvalue weighted by molar-refractivity contribution is 7.17. The Morgan fingerprint density at radius 1 is 1.38 bits per heavy atom.